The van der Waals surface area contributed by atoms with Crippen molar-refractivity contribution in [1.29, 1.82) is 0 Å². The second-order valence-electron chi connectivity index (χ2n) is 3.49. The molecule has 5 heteroatoms. The zero-order valence-electron chi connectivity index (χ0n) is 7.56. The van der Waals surface area contributed by atoms with Gasteiger partial charge in [0.05, 0.1) is 10.6 Å². The van der Waals surface area contributed by atoms with Gasteiger partial charge in [-0.25, -0.2) is 13.6 Å². The quantitative estimate of drug-likeness (QED) is 0.436. The molecule has 1 aliphatic carbocycles. The molecule has 78 valence electrons. The Morgan fingerprint density at radius 1 is 1.40 bits per heavy atom. The molecule has 0 unspecified atom stereocenters. The third-order valence-corrected chi connectivity index (χ3v) is 2.78. The van der Waals surface area contributed by atoms with E-state index < -0.39 is 17.2 Å². The van der Waals surface area contributed by atoms with Crippen molar-refractivity contribution in [2.75, 3.05) is 0 Å². The highest BCUT2D eigenvalue weighted by Gasteiger charge is 2.45. The summed E-state index contributed by atoms with van der Waals surface area (Å²) in [6.07, 6.45) is 2.70. The molecular formula is C10H6ClF2NO. The molecule has 1 fully saturated rings. The van der Waals surface area contributed by atoms with Crippen LogP contribution in [0.5, 0.6) is 0 Å². The molecule has 0 radical (unpaired) electrons. The van der Waals surface area contributed by atoms with E-state index in [0.29, 0.717) is 18.4 Å². The lowest BCUT2D eigenvalue weighted by atomic mass is 10.1. The van der Waals surface area contributed by atoms with Gasteiger partial charge in [-0.3, -0.25) is 0 Å². The van der Waals surface area contributed by atoms with Crippen molar-refractivity contribution in [2.45, 2.75) is 18.4 Å². The highest BCUT2D eigenvalue weighted by atomic mass is 35.5. The predicted octanol–water partition coefficient (Wildman–Crippen LogP) is 2.94. The van der Waals surface area contributed by atoms with Crippen LogP contribution in [0.15, 0.2) is 17.1 Å². The molecule has 15 heavy (non-hydrogen) atoms. The number of rotatable bonds is 2. The molecule has 0 aromatic heterocycles. The second kappa shape index (κ2) is 3.40. The van der Waals surface area contributed by atoms with Gasteiger partial charge in [0.1, 0.15) is 0 Å². The highest BCUT2D eigenvalue weighted by molar-refractivity contribution is 6.30. The van der Waals surface area contributed by atoms with Crippen LogP contribution in [-0.4, -0.2) is 6.08 Å². The minimum atomic E-state index is -1.08. The van der Waals surface area contributed by atoms with Crippen LogP contribution in [0.25, 0.3) is 0 Å². The average molecular weight is 230 g/mol. The number of aliphatic imine (C=N–C) groups is 1. The molecule has 1 saturated carbocycles. The van der Waals surface area contributed by atoms with Crippen molar-refractivity contribution in [3.63, 3.8) is 0 Å². The van der Waals surface area contributed by atoms with Crippen LogP contribution in [0.1, 0.15) is 18.4 Å². The Balaban J connectivity index is 2.51. The number of isocyanates is 1. The fraction of sp³-hybridized carbons (Fsp3) is 0.300. The zero-order valence-corrected chi connectivity index (χ0v) is 8.31. The maximum Gasteiger partial charge on any atom is 0.235 e. The largest absolute Gasteiger partial charge is 0.235 e. The molecule has 1 aromatic rings. The van der Waals surface area contributed by atoms with E-state index in [9.17, 15) is 13.6 Å². The van der Waals surface area contributed by atoms with Crippen LogP contribution in [-0.2, 0) is 10.3 Å². The van der Waals surface area contributed by atoms with Crippen LogP contribution < -0.4 is 0 Å². The van der Waals surface area contributed by atoms with Gasteiger partial charge in [-0.05, 0) is 30.5 Å². The van der Waals surface area contributed by atoms with Gasteiger partial charge in [-0.15, -0.1) is 0 Å². The third-order valence-electron chi connectivity index (χ3n) is 2.50. The van der Waals surface area contributed by atoms with Crippen molar-refractivity contribution in [3.05, 3.63) is 34.4 Å². The van der Waals surface area contributed by atoms with Gasteiger partial charge in [0.15, 0.2) is 11.6 Å². The van der Waals surface area contributed by atoms with Gasteiger partial charge >= 0.3 is 0 Å². The summed E-state index contributed by atoms with van der Waals surface area (Å²) in [5.74, 6) is -2.10. The molecule has 0 bridgehead atoms. The van der Waals surface area contributed by atoms with Crippen LogP contribution in [0.2, 0.25) is 5.02 Å². The Morgan fingerprint density at radius 2 is 2.07 bits per heavy atom. The normalized spacial score (nSPS) is 17.0. The maximum absolute atomic E-state index is 13.0. The first kappa shape index (κ1) is 10.3. The Hall–Kier alpha value is -1.25. The van der Waals surface area contributed by atoms with Gasteiger partial charge in [0, 0.05) is 0 Å². The van der Waals surface area contributed by atoms with Gasteiger partial charge < -0.3 is 0 Å². The lowest BCUT2D eigenvalue weighted by Crippen LogP contribution is -2.04. The Kier molecular flexibility index (Phi) is 2.33. The van der Waals surface area contributed by atoms with E-state index in [1.54, 1.807) is 0 Å². The van der Waals surface area contributed by atoms with Crippen molar-refractivity contribution in [2.24, 2.45) is 4.99 Å². The van der Waals surface area contributed by atoms with Gasteiger partial charge in [-0.1, -0.05) is 11.6 Å². The van der Waals surface area contributed by atoms with E-state index >= 15 is 0 Å². The van der Waals surface area contributed by atoms with Crippen molar-refractivity contribution >= 4 is 17.7 Å². The number of benzene rings is 1. The minimum Gasteiger partial charge on any atom is -0.211 e. The minimum absolute atomic E-state index is 0.294. The summed E-state index contributed by atoms with van der Waals surface area (Å²) in [7, 11) is 0. The monoisotopic (exact) mass is 229 g/mol. The molecule has 0 spiro atoms. The molecule has 0 N–H and O–H groups in total. The molecule has 0 aliphatic heterocycles. The average Bonchev–Trinajstić information content (AvgIpc) is 2.95. The van der Waals surface area contributed by atoms with E-state index in [1.165, 1.54) is 12.1 Å². The van der Waals surface area contributed by atoms with E-state index in [2.05, 4.69) is 4.99 Å². The van der Waals surface area contributed by atoms with Gasteiger partial charge in [0.2, 0.25) is 6.08 Å². The van der Waals surface area contributed by atoms with E-state index in [4.69, 9.17) is 11.6 Å². The molecule has 0 saturated heterocycles. The topological polar surface area (TPSA) is 29.4 Å². The second-order valence-corrected chi connectivity index (χ2v) is 3.90. The van der Waals surface area contributed by atoms with E-state index in [0.717, 1.165) is 6.07 Å². The molecule has 2 rings (SSSR count). The van der Waals surface area contributed by atoms with Crippen LogP contribution in [0, 0.1) is 11.6 Å². The smallest absolute Gasteiger partial charge is 0.211 e. The fourth-order valence-electron chi connectivity index (χ4n) is 1.49. The molecule has 0 atom stereocenters. The van der Waals surface area contributed by atoms with Gasteiger partial charge in [0.25, 0.3) is 0 Å². The third kappa shape index (κ3) is 1.66. The zero-order chi connectivity index (χ0) is 11.1. The molecule has 0 amide bonds. The van der Waals surface area contributed by atoms with Gasteiger partial charge in [-0.2, -0.15) is 4.99 Å². The summed E-state index contributed by atoms with van der Waals surface area (Å²) < 4.78 is 25.9. The summed E-state index contributed by atoms with van der Waals surface area (Å²) in [4.78, 5) is 13.8. The standard InChI is InChI=1S/C10H6ClF2NO/c11-7-3-6(4-8(12)9(7)13)10(1-2-10)14-5-15/h3-4H,1-2H2. The van der Waals surface area contributed by atoms with E-state index in [-0.39, 0.29) is 5.02 Å². The summed E-state index contributed by atoms with van der Waals surface area (Å²) in [6.45, 7) is 0. The fourth-order valence-corrected chi connectivity index (χ4v) is 1.70. The molecule has 0 heterocycles. The lowest BCUT2D eigenvalue weighted by molar-refractivity contribution is 0.504. The first-order valence-electron chi connectivity index (χ1n) is 4.33. The summed E-state index contributed by atoms with van der Waals surface area (Å²) >= 11 is 5.50. The van der Waals surface area contributed by atoms with Crippen molar-refractivity contribution in [1.82, 2.24) is 0 Å². The summed E-state index contributed by atoms with van der Waals surface area (Å²) in [5.41, 5.74) is -0.297. The van der Waals surface area contributed by atoms with E-state index in [1.807, 2.05) is 0 Å². The van der Waals surface area contributed by atoms with Crippen LogP contribution in [0.4, 0.5) is 8.78 Å². The number of hydrogen-bond acceptors (Lipinski definition) is 2. The number of nitrogens with zero attached hydrogens (tertiary/aromatic N) is 1. The Bertz CT molecular complexity index is 441. The lowest BCUT2D eigenvalue weighted by Gasteiger charge is -2.09. The molecule has 2 nitrogen and oxygen atoms in total. The SMILES string of the molecule is O=C=NC1(c2cc(F)c(F)c(Cl)c2)CC1. The summed E-state index contributed by atoms with van der Waals surface area (Å²) in [6, 6.07) is 2.32. The summed E-state index contributed by atoms with van der Waals surface area (Å²) in [5, 5.41) is -0.294. The first-order valence-corrected chi connectivity index (χ1v) is 4.71. The number of carbonyl (C=O) groups excluding carboxylic acids is 1. The highest BCUT2D eigenvalue weighted by Crippen LogP contribution is 2.50. The first-order chi connectivity index (χ1) is 7.09. The predicted molar refractivity (Wildman–Crippen MR) is 50.4 cm³/mol. The molecule has 1 aromatic carbocycles. The van der Waals surface area contributed by atoms with Crippen molar-refractivity contribution in [3.8, 4) is 0 Å². The maximum atomic E-state index is 13.0. The van der Waals surface area contributed by atoms with Crippen molar-refractivity contribution < 1.29 is 13.6 Å². The van der Waals surface area contributed by atoms with Crippen LogP contribution in [0.3, 0.4) is 0 Å². The molecular weight excluding hydrogens is 224 g/mol. The molecule has 1 aliphatic rings. The van der Waals surface area contributed by atoms with Crippen LogP contribution >= 0.6 is 11.6 Å². The Labute approximate surface area is 89.6 Å². The Morgan fingerprint density at radius 3 is 2.53 bits per heavy atom. The number of halogens is 3. The number of hydrogen-bond donors (Lipinski definition) is 0.